The fraction of sp³-hybridized carbons (Fsp3) is 0.500. The van der Waals surface area contributed by atoms with Crippen molar-refractivity contribution >= 4 is 25.3 Å². The van der Waals surface area contributed by atoms with Crippen molar-refractivity contribution in [1.29, 1.82) is 0 Å². The Labute approximate surface area is 37.3 Å². The van der Waals surface area contributed by atoms with E-state index in [1.54, 1.807) is 0 Å². The van der Waals surface area contributed by atoms with Gasteiger partial charge in [0.1, 0.15) is 6.29 Å². The van der Waals surface area contributed by atoms with Crippen LogP contribution in [0.25, 0.3) is 0 Å². The smallest absolute Gasteiger partial charge is 0.194 e. The van der Waals surface area contributed by atoms with Crippen molar-refractivity contribution < 1.29 is 4.79 Å². The van der Waals surface area contributed by atoms with Crippen molar-refractivity contribution in [3.05, 3.63) is 0 Å². The second-order valence-corrected chi connectivity index (χ2v) is 0.950. The first-order valence-corrected chi connectivity index (χ1v) is 1.83. The zero-order valence-corrected chi connectivity index (χ0v) is 3.61. The van der Waals surface area contributed by atoms with Crippen LogP contribution in [0.3, 0.4) is 0 Å². The second kappa shape index (κ2) is 4.08. The van der Waals surface area contributed by atoms with Crippen molar-refractivity contribution in [2.45, 2.75) is 6.32 Å². The third-order valence-electron chi connectivity index (χ3n) is 0.202. The molecular weight excluding hydrogens is 82.9 g/mol. The number of rotatable bonds is 2. The highest BCUT2D eigenvalue weighted by atomic mass is 32.1. The molecule has 5 heavy (non-hydrogen) atoms. The summed E-state index contributed by atoms with van der Waals surface area (Å²) in [6, 6.07) is 0. The van der Waals surface area contributed by atoms with Crippen molar-refractivity contribution in [1.82, 2.24) is 0 Å². The third-order valence-corrected chi connectivity index (χ3v) is 0.412. The summed E-state index contributed by atoms with van der Waals surface area (Å²) >= 11 is 3.64. The Balaban J connectivity index is 2.40. The number of hydrogen-bond donors (Lipinski definition) is 1. The normalized spacial score (nSPS) is 6.60. The molecule has 0 atom stereocenters. The van der Waals surface area contributed by atoms with Gasteiger partial charge in [0.05, 0.1) is 0 Å². The van der Waals surface area contributed by atoms with Gasteiger partial charge >= 0.3 is 0 Å². The van der Waals surface area contributed by atoms with E-state index in [-0.39, 0.29) is 0 Å². The van der Waals surface area contributed by atoms with Gasteiger partial charge in [-0.1, -0.05) is 0 Å². The molecule has 0 aromatic rings. The lowest BCUT2D eigenvalue weighted by molar-refractivity contribution is -0.106. The molecule has 0 saturated carbocycles. The Bertz CT molecular complexity index is 30.8. The Morgan fingerprint density at radius 2 is 2.60 bits per heavy atom. The van der Waals surface area contributed by atoms with E-state index < -0.39 is 0 Å². The Kier molecular flexibility index (Phi) is 4.15. The SMILES string of the molecule is O=CC[B]S. The van der Waals surface area contributed by atoms with Crippen molar-refractivity contribution in [3.63, 3.8) is 0 Å². The molecule has 0 saturated heterocycles. The van der Waals surface area contributed by atoms with Crippen LogP contribution in [0.2, 0.25) is 6.32 Å². The highest BCUT2D eigenvalue weighted by molar-refractivity contribution is 8.06. The largest absolute Gasteiger partial charge is 0.304 e. The van der Waals surface area contributed by atoms with E-state index >= 15 is 0 Å². The minimum Gasteiger partial charge on any atom is -0.304 e. The van der Waals surface area contributed by atoms with Gasteiger partial charge in [-0.3, -0.25) is 0 Å². The quantitative estimate of drug-likeness (QED) is 0.288. The number of thiol groups is 1. The Morgan fingerprint density at radius 3 is 2.60 bits per heavy atom. The molecule has 3 heteroatoms. The van der Waals surface area contributed by atoms with E-state index in [0.717, 1.165) is 6.29 Å². The molecule has 0 amide bonds. The number of carbonyl (C=O) groups is 1. The molecular formula is C2H4BOS. The van der Waals surface area contributed by atoms with Crippen LogP contribution in [0.15, 0.2) is 0 Å². The molecule has 0 heterocycles. The number of aldehydes is 1. The topological polar surface area (TPSA) is 17.1 Å². The molecule has 0 fully saturated rings. The third kappa shape index (κ3) is 4.08. The summed E-state index contributed by atoms with van der Waals surface area (Å²) in [5.74, 6) is 0. The van der Waals surface area contributed by atoms with Gasteiger partial charge in [-0.25, -0.2) is 12.5 Å². The van der Waals surface area contributed by atoms with Crippen molar-refractivity contribution in [2.24, 2.45) is 0 Å². The summed E-state index contributed by atoms with van der Waals surface area (Å²) in [5, 5.41) is 0. The molecule has 0 spiro atoms. The summed E-state index contributed by atoms with van der Waals surface area (Å²) in [6.45, 7) is 1.51. The summed E-state index contributed by atoms with van der Waals surface area (Å²) in [6.07, 6.45) is 1.25. The highest BCUT2D eigenvalue weighted by Gasteiger charge is 1.72. The van der Waals surface area contributed by atoms with E-state index in [1.165, 1.54) is 6.56 Å². The zero-order chi connectivity index (χ0) is 4.12. The van der Waals surface area contributed by atoms with Gasteiger partial charge in [-0.05, 0) is 6.32 Å². The average molecular weight is 86.9 g/mol. The maximum absolute atomic E-state index is 9.32. The molecule has 1 nitrogen and oxygen atoms in total. The highest BCUT2D eigenvalue weighted by Crippen LogP contribution is 1.70. The van der Waals surface area contributed by atoms with Crippen molar-refractivity contribution in [2.75, 3.05) is 0 Å². The van der Waals surface area contributed by atoms with Crippen LogP contribution >= 0.6 is 12.5 Å². The van der Waals surface area contributed by atoms with Crippen LogP contribution in [0.5, 0.6) is 0 Å². The second-order valence-electron chi connectivity index (χ2n) is 0.585. The molecule has 0 aromatic heterocycles. The van der Waals surface area contributed by atoms with E-state index in [9.17, 15) is 4.79 Å². The summed E-state index contributed by atoms with van der Waals surface area (Å²) in [7, 11) is 0. The van der Waals surface area contributed by atoms with Gasteiger partial charge in [0.25, 0.3) is 0 Å². The van der Waals surface area contributed by atoms with Crippen LogP contribution in [0, 0.1) is 0 Å². The molecule has 0 aliphatic carbocycles. The molecule has 1 radical (unpaired) electrons. The molecule has 0 bridgehead atoms. The lowest BCUT2D eigenvalue weighted by atomic mass is 10.1. The summed E-state index contributed by atoms with van der Waals surface area (Å²) in [5.41, 5.74) is 0. The molecule has 0 N–H and O–H groups in total. The Morgan fingerprint density at radius 1 is 2.00 bits per heavy atom. The summed E-state index contributed by atoms with van der Waals surface area (Å²) in [4.78, 5) is 9.32. The lowest BCUT2D eigenvalue weighted by Crippen LogP contribution is -1.73. The van der Waals surface area contributed by atoms with Crippen LogP contribution in [0.4, 0.5) is 0 Å². The standard InChI is InChI=1S/C2H4BOS/c4-2-1-3-5/h2,5H,1H2. The van der Waals surface area contributed by atoms with E-state index in [2.05, 4.69) is 12.5 Å². The van der Waals surface area contributed by atoms with Gasteiger partial charge in [-0.2, -0.15) is 0 Å². The predicted octanol–water partition coefficient (Wildman–Crippen LogP) is 0.153. The first-order chi connectivity index (χ1) is 2.41. The maximum Gasteiger partial charge on any atom is 0.194 e. The van der Waals surface area contributed by atoms with Crippen LogP contribution in [-0.2, 0) is 4.79 Å². The minimum atomic E-state index is 0.448. The van der Waals surface area contributed by atoms with E-state index in [1.807, 2.05) is 0 Å². The molecule has 0 aromatic carbocycles. The monoisotopic (exact) mass is 87.0 g/mol. The van der Waals surface area contributed by atoms with Gasteiger partial charge in [0.15, 0.2) is 6.56 Å². The zero-order valence-electron chi connectivity index (χ0n) is 2.72. The fourth-order valence-electron chi connectivity index (χ4n) is 0.0430. The number of carbonyl (C=O) groups excluding carboxylic acids is 1. The van der Waals surface area contributed by atoms with Gasteiger partial charge in [0.2, 0.25) is 0 Å². The number of hydrogen-bond acceptors (Lipinski definition) is 2. The molecule has 0 aliphatic rings. The fourth-order valence-corrected chi connectivity index (χ4v) is 0.129. The van der Waals surface area contributed by atoms with Crippen LogP contribution < -0.4 is 0 Å². The van der Waals surface area contributed by atoms with Gasteiger partial charge in [-0.15, -0.1) is 0 Å². The van der Waals surface area contributed by atoms with Crippen LogP contribution in [-0.4, -0.2) is 12.8 Å². The molecule has 0 rings (SSSR count). The summed E-state index contributed by atoms with van der Waals surface area (Å²) < 4.78 is 0. The first kappa shape index (κ1) is 5.08. The van der Waals surface area contributed by atoms with Gasteiger partial charge in [0, 0.05) is 0 Å². The Hall–Kier alpha value is 0.0849. The average Bonchev–Trinajstić information content (AvgIpc) is 1.41. The van der Waals surface area contributed by atoms with Crippen molar-refractivity contribution in [3.8, 4) is 0 Å². The lowest BCUT2D eigenvalue weighted by Gasteiger charge is -1.64. The predicted molar refractivity (Wildman–Crippen MR) is 25.6 cm³/mol. The van der Waals surface area contributed by atoms with E-state index in [0.29, 0.717) is 6.32 Å². The molecule has 0 aliphatic heterocycles. The first-order valence-electron chi connectivity index (χ1n) is 1.31. The molecule has 27 valence electrons. The van der Waals surface area contributed by atoms with Gasteiger partial charge < -0.3 is 4.79 Å². The van der Waals surface area contributed by atoms with E-state index in [4.69, 9.17) is 0 Å². The maximum atomic E-state index is 9.32. The minimum absolute atomic E-state index is 0.448. The molecule has 0 unspecified atom stereocenters. The van der Waals surface area contributed by atoms with Crippen LogP contribution in [0.1, 0.15) is 0 Å².